The second kappa shape index (κ2) is 2.71. The van der Waals surface area contributed by atoms with Gasteiger partial charge in [-0.25, -0.2) is 0 Å². The van der Waals surface area contributed by atoms with Crippen molar-refractivity contribution >= 4 is 0 Å². The Morgan fingerprint density at radius 2 is 2.40 bits per heavy atom. The smallest absolute Gasteiger partial charge is 0.124 e. The van der Waals surface area contributed by atoms with Crippen LogP contribution in [-0.2, 0) is 0 Å². The van der Waals surface area contributed by atoms with Gasteiger partial charge in [0, 0.05) is 0 Å². The van der Waals surface area contributed by atoms with E-state index in [1.807, 2.05) is 19.1 Å². The second-order valence-corrected chi connectivity index (χ2v) is 2.21. The summed E-state index contributed by atoms with van der Waals surface area (Å²) >= 11 is 0. The molecule has 1 atom stereocenters. The lowest BCUT2D eigenvalue weighted by atomic mass is 10.2. The SMILES string of the molecule is C=C[C@H](N)c1ccc(C)o1. The molecular formula is C8H11NO. The quantitative estimate of drug-likeness (QED) is 0.631. The fourth-order valence-electron chi connectivity index (χ4n) is 0.749. The van der Waals surface area contributed by atoms with E-state index in [1.165, 1.54) is 0 Å². The van der Waals surface area contributed by atoms with Crippen molar-refractivity contribution < 1.29 is 4.42 Å². The van der Waals surface area contributed by atoms with E-state index in [9.17, 15) is 0 Å². The van der Waals surface area contributed by atoms with Gasteiger partial charge in [-0.15, -0.1) is 6.58 Å². The van der Waals surface area contributed by atoms with E-state index in [4.69, 9.17) is 10.2 Å². The summed E-state index contributed by atoms with van der Waals surface area (Å²) in [6.45, 7) is 5.45. The predicted molar refractivity (Wildman–Crippen MR) is 40.6 cm³/mol. The van der Waals surface area contributed by atoms with Gasteiger partial charge in [0.1, 0.15) is 11.5 Å². The van der Waals surface area contributed by atoms with Crippen molar-refractivity contribution in [3.63, 3.8) is 0 Å². The highest BCUT2D eigenvalue weighted by Crippen LogP contribution is 2.13. The summed E-state index contributed by atoms with van der Waals surface area (Å²) in [6, 6.07) is 3.58. The van der Waals surface area contributed by atoms with Gasteiger partial charge in [-0.1, -0.05) is 6.08 Å². The average Bonchev–Trinajstić information content (AvgIpc) is 2.34. The molecule has 10 heavy (non-hydrogen) atoms. The van der Waals surface area contributed by atoms with Crippen LogP contribution in [0.2, 0.25) is 0 Å². The number of rotatable bonds is 2. The summed E-state index contributed by atoms with van der Waals surface area (Å²) in [6.07, 6.45) is 1.65. The van der Waals surface area contributed by atoms with Crippen LogP contribution in [0, 0.1) is 6.92 Å². The van der Waals surface area contributed by atoms with Gasteiger partial charge in [-0.2, -0.15) is 0 Å². The Hall–Kier alpha value is -1.02. The van der Waals surface area contributed by atoms with Gasteiger partial charge in [0.25, 0.3) is 0 Å². The van der Waals surface area contributed by atoms with Gasteiger partial charge in [-0.05, 0) is 19.1 Å². The summed E-state index contributed by atoms with van der Waals surface area (Å²) in [7, 11) is 0. The van der Waals surface area contributed by atoms with E-state index in [0.29, 0.717) is 0 Å². The lowest BCUT2D eigenvalue weighted by Gasteiger charge is -1.98. The highest BCUT2D eigenvalue weighted by molar-refractivity contribution is 5.12. The van der Waals surface area contributed by atoms with Crippen molar-refractivity contribution in [3.05, 3.63) is 36.3 Å². The minimum atomic E-state index is -0.173. The zero-order valence-electron chi connectivity index (χ0n) is 6.00. The van der Waals surface area contributed by atoms with Gasteiger partial charge in [-0.3, -0.25) is 0 Å². The topological polar surface area (TPSA) is 39.2 Å². The van der Waals surface area contributed by atoms with Crippen molar-refractivity contribution in [3.8, 4) is 0 Å². The molecule has 0 fully saturated rings. The van der Waals surface area contributed by atoms with E-state index in [-0.39, 0.29) is 6.04 Å². The number of hydrogen-bond donors (Lipinski definition) is 1. The van der Waals surface area contributed by atoms with Gasteiger partial charge in [0.2, 0.25) is 0 Å². The molecule has 0 aromatic carbocycles. The number of nitrogens with two attached hydrogens (primary N) is 1. The maximum atomic E-state index is 5.60. The van der Waals surface area contributed by atoms with E-state index in [2.05, 4.69) is 6.58 Å². The summed E-state index contributed by atoms with van der Waals surface area (Å²) in [4.78, 5) is 0. The molecule has 2 heteroatoms. The van der Waals surface area contributed by atoms with E-state index in [0.717, 1.165) is 11.5 Å². The van der Waals surface area contributed by atoms with Crippen LogP contribution >= 0.6 is 0 Å². The Labute approximate surface area is 60.3 Å². The monoisotopic (exact) mass is 137 g/mol. The fourth-order valence-corrected chi connectivity index (χ4v) is 0.749. The maximum Gasteiger partial charge on any atom is 0.124 e. The molecule has 1 aromatic heterocycles. The lowest BCUT2D eigenvalue weighted by molar-refractivity contribution is 0.470. The van der Waals surface area contributed by atoms with E-state index < -0.39 is 0 Å². The highest BCUT2D eigenvalue weighted by atomic mass is 16.3. The molecule has 0 unspecified atom stereocenters. The van der Waals surface area contributed by atoms with Gasteiger partial charge < -0.3 is 10.2 Å². The lowest BCUT2D eigenvalue weighted by Crippen LogP contribution is -2.04. The molecular weight excluding hydrogens is 126 g/mol. The minimum Gasteiger partial charge on any atom is -0.464 e. The molecule has 1 heterocycles. The highest BCUT2D eigenvalue weighted by Gasteiger charge is 2.03. The summed E-state index contributed by atoms with van der Waals surface area (Å²) in [5, 5.41) is 0. The van der Waals surface area contributed by atoms with E-state index in [1.54, 1.807) is 6.08 Å². The first-order valence-corrected chi connectivity index (χ1v) is 3.18. The third-order valence-electron chi connectivity index (χ3n) is 1.34. The second-order valence-electron chi connectivity index (χ2n) is 2.21. The van der Waals surface area contributed by atoms with Gasteiger partial charge in [0.05, 0.1) is 6.04 Å². The Kier molecular flexibility index (Phi) is 1.92. The van der Waals surface area contributed by atoms with Crippen molar-refractivity contribution in [2.24, 2.45) is 5.73 Å². The van der Waals surface area contributed by atoms with Crippen LogP contribution in [0.15, 0.2) is 29.2 Å². The molecule has 0 aliphatic rings. The minimum absolute atomic E-state index is 0.173. The largest absolute Gasteiger partial charge is 0.464 e. The molecule has 1 rings (SSSR count). The predicted octanol–water partition coefficient (Wildman–Crippen LogP) is 1.77. The molecule has 0 aliphatic heterocycles. The van der Waals surface area contributed by atoms with Gasteiger partial charge in [0.15, 0.2) is 0 Å². The van der Waals surface area contributed by atoms with Crippen LogP contribution < -0.4 is 5.73 Å². The first kappa shape index (κ1) is 7.09. The van der Waals surface area contributed by atoms with Crippen molar-refractivity contribution in [2.75, 3.05) is 0 Å². The first-order valence-electron chi connectivity index (χ1n) is 3.18. The van der Waals surface area contributed by atoms with Crippen molar-refractivity contribution in [1.82, 2.24) is 0 Å². The van der Waals surface area contributed by atoms with Crippen LogP contribution in [-0.4, -0.2) is 0 Å². The molecule has 1 aromatic rings. The van der Waals surface area contributed by atoms with Crippen LogP contribution in [0.3, 0.4) is 0 Å². The number of aryl methyl sites for hydroxylation is 1. The van der Waals surface area contributed by atoms with Crippen LogP contribution in [0.1, 0.15) is 17.6 Å². The van der Waals surface area contributed by atoms with E-state index >= 15 is 0 Å². The zero-order valence-corrected chi connectivity index (χ0v) is 6.00. The summed E-state index contributed by atoms with van der Waals surface area (Å²) in [5.74, 6) is 1.65. The Morgan fingerprint density at radius 3 is 2.80 bits per heavy atom. The van der Waals surface area contributed by atoms with Crippen molar-refractivity contribution in [2.45, 2.75) is 13.0 Å². The number of furan rings is 1. The van der Waals surface area contributed by atoms with Crippen LogP contribution in [0.5, 0.6) is 0 Å². The van der Waals surface area contributed by atoms with Gasteiger partial charge >= 0.3 is 0 Å². The molecule has 0 saturated carbocycles. The standard InChI is InChI=1S/C8H11NO/c1-3-7(9)8-5-4-6(2)10-8/h3-5,7H,1,9H2,2H3/t7-/m0/s1. The third-order valence-corrected chi connectivity index (χ3v) is 1.34. The molecule has 0 saturated heterocycles. The van der Waals surface area contributed by atoms with Crippen LogP contribution in [0.25, 0.3) is 0 Å². The Balaban J connectivity index is 2.84. The summed E-state index contributed by atoms with van der Waals surface area (Å²) in [5.41, 5.74) is 5.60. The normalized spacial score (nSPS) is 13.0. The molecule has 0 aliphatic carbocycles. The fraction of sp³-hybridized carbons (Fsp3) is 0.250. The maximum absolute atomic E-state index is 5.60. The Bertz CT molecular complexity index is 227. The molecule has 2 nitrogen and oxygen atoms in total. The molecule has 0 radical (unpaired) electrons. The zero-order chi connectivity index (χ0) is 7.56. The Morgan fingerprint density at radius 1 is 1.70 bits per heavy atom. The van der Waals surface area contributed by atoms with Crippen LogP contribution in [0.4, 0.5) is 0 Å². The third kappa shape index (κ3) is 1.28. The molecule has 0 spiro atoms. The molecule has 0 amide bonds. The summed E-state index contributed by atoms with van der Waals surface area (Å²) < 4.78 is 5.24. The molecule has 0 bridgehead atoms. The molecule has 2 N–H and O–H groups in total. The number of hydrogen-bond acceptors (Lipinski definition) is 2. The average molecular weight is 137 g/mol. The first-order chi connectivity index (χ1) is 4.74. The molecule has 54 valence electrons. The van der Waals surface area contributed by atoms with Crippen molar-refractivity contribution in [1.29, 1.82) is 0 Å².